The Bertz CT molecular complexity index is 1630. The average molecular weight is 753 g/mol. The Kier molecular flexibility index (Phi) is 15.8. The van der Waals surface area contributed by atoms with E-state index in [1.807, 2.05) is 64.4 Å². The van der Waals surface area contributed by atoms with Crippen LogP contribution in [0.25, 0.3) is 10.4 Å². The van der Waals surface area contributed by atoms with Gasteiger partial charge < -0.3 is 40.2 Å². The third kappa shape index (κ3) is 12.7. The number of amides is 4. The summed E-state index contributed by atoms with van der Waals surface area (Å²) in [6, 6.07) is 10.9. The van der Waals surface area contributed by atoms with Crippen LogP contribution in [-0.2, 0) is 28.6 Å². The quantitative estimate of drug-likeness (QED) is 0.133. The van der Waals surface area contributed by atoms with Crippen molar-refractivity contribution in [1.29, 1.82) is 0 Å². The van der Waals surface area contributed by atoms with Crippen molar-refractivity contribution in [3.63, 3.8) is 0 Å². The van der Waals surface area contributed by atoms with E-state index in [1.165, 1.54) is 4.90 Å². The number of carbonyl (C=O) groups is 4. The van der Waals surface area contributed by atoms with Crippen molar-refractivity contribution >= 4 is 35.0 Å². The Balaban J connectivity index is 1.15. The first-order chi connectivity index (χ1) is 25.3. The molecule has 14 nitrogen and oxygen atoms in total. The van der Waals surface area contributed by atoms with Gasteiger partial charge in [-0.25, -0.2) is 4.98 Å². The number of aromatic nitrogens is 2. The number of carbonyl (C=O) groups excluding carboxylic acids is 4. The maximum atomic E-state index is 13.9. The number of nitrogens with one attached hydrogen (secondary N) is 3. The number of pyridine rings is 1. The number of β-amino-alcohol motifs (C(OH)–C–C–N with tert-alkyl or cyclic N) is 1. The van der Waals surface area contributed by atoms with Gasteiger partial charge in [-0.15, -0.1) is 11.3 Å². The molecule has 4 N–H and O–H groups in total. The number of benzene rings is 1. The van der Waals surface area contributed by atoms with Gasteiger partial charge in [-0.2, -0.15) is 0 Å². The van der Waals surface area contributed by atoms with E-state index in [2.05, 4.69) is 25.9 Å². The first-order valence-corrected chi connectivity index (χ1v) is 18.7. The van der Waals surface area contributed by atoms with Crippen LogP contribution in [0.2, 0.25) is 0 Å². The van der Waals surface area contributed by atoms with Crippen LogP contribution < -0.4 is 16.0 Å². The van der Waals surface area contributed by atoms with Crippen molar-refractivity contribution in [2.24, 2.45) is 5.41 Å². The van der Waals surface area contributed by atoms with Crippen molar-refractivity contribution in [2.45, 2.75) is 71.7 Å². The molecular formula is C38H52N6O8S. The van der Waals surface area contributed by atoms with E-state index < -0.39 is 29.5 Å². The zero-order valence-electron chi connectivity index (χ0n) is 31.1. The van der Waals surface area contributed by atoms with Crippen LogP contribution in [0.4, 0.5) is 0 Å². The minimum atomic E-state index is -0.928. The topological polar surface area (TPSA) is 181 Å². The Morgan fingerprint density at radius 2 is 1.62 bits per heavy atom. The minimum Gasteiger partial charge on any atom is -0.391 e. The summed E-state index contributed by atoms with van der Waals surface area (Å²) in [4.78, 5) is 63.1. The van der Waals surface area contributed by atoms with E-state index in [1.54, 1.807) is 35.7 Å². The molecule has 3 heterocycles. The van der Waals surface area contributed by atoms with Gasteiger partial charge in [0.25, 0.3) is 5.91 Å². The highest BCUT2D eigenvalue weighted by Crippen LogP contribution is 2.29. The number of hydrogen-bond donors (Lipinski definition) is 4. The van der Waals surface area contributed by atoms with Crippen LogP contribution in [0.15, 0.2) is 54.2 Å². The monoisotopic (exact) mass is 752 g/mol. The van der Waals surface area contributed by atoms with E-state index in [9.17, 15) is 24.3 Å². The molecule has 0 aliphatic carbocycles. The number of hydrogen-bond acceptors (Lipinski definition) is 11. The molecule has 0 bridgehead atoms. The predicted octanol–water partition coefficient (Wildman–Crippen LogP) is 3.05. The Morgan fingerprint density at radius 3 is 2.25 bits per heavy atom. The van der Waals surface area contributed by atoms with Gasteiger partial charge in [0.15, 0.2) is 0 Å². The fourth-order valence-electron chi connectivity index (χ4n) is 5.78. The lowest BCUT2D eigenvalue weighted by molar-refractivity contribution is -0.144. The summed E-state index contributed by atoms with van der Waals surface area (Å²) in [5, 5.41) is 19.1. The molecule has 3 aromatic rings. The molecule has 53 heavy (non-hydrogen) atoms. The lowest BCUT2D eigenvalue weighted by atomic mass is 9.85. The summed E-state index contributed by atoms with van der Waals surface area (Å²) in [6.45, 7) is 11.4. The largest absolute Gasteiger partial charge is 0.391 e. The van der Waals surface area contributed by atoms with Crippen molar-refractivity contribution in [2.75, 3.05) is 52.7 Å². The molecule has 1 aliphatic rings. The van der Waals surface area contributed by atoms with Crippen molar-refractivity contribution in [3.05, 3.63) is 71.1 Å². The van der Waals surface area contributed by atoms with Crippen LogP contribution in [-0.4, -0.2) is 115 Å². The van der Waals surface area contributed by atoms with Crippen LogP contribution in [0.5, 0.6) is 0 Å². The van der Waals surface area contributed by atoms with Crippen LogP contribution in [0.3, 0.4) is 0 Å². The summed E-state index contributed by atoms with van der Waals surface area (Å²) in [6.07, 6.45) is 0.822. The second kappa shape index (κ2) is 20.3. The van der Waals surface area contributed by atoms with Gasteiger partial charge in [0.2, 0.25) is 17.7 Å². The number of aliphatic hydroxyl groups excluding tert-OH is 1. The molecule has 288 valence electrons. The maximum absolute atomic E-state index is 13.9. The second-order valence-corrected chi connectivity index (χ2v) is 14.8. The molecule has 15 heteroatoms. The lowest BCUT2D eigenvalue weighted by Crippen LogP contribution is -2.58. The van der Waals surface area contributed by atoms with Gasteiger partial charge in [0, 0.05) is 32.1 Å². The smallest absolute Gasteiger partial charge is 0.269 e. The van der Waals surface area contributed by atoms with E-state index in [4.69, 9.17) is 14.2 Å². The van der Waals surface area contributed by atoms with Gasteiger partial charge in [-0.05, 0) is 42.5 Å². The number of aliphatic hydroxyl groups is 1. The molecule has 1 fully saturated rings. The van der Waals surface area contributed by atoms with Crippen molar-refractivity contribution < 1.29 is 38.5 Å². The molecule has 1 saturated heterocycles. The number of nitrogens with zero attached hydrogens (tertiary/aromatic N) is 3. The van der Waals surface area contributed by atoms with Crippen LogP contribution in [0, 0.1) is 12.3 Å². The second-order valence-electron chi connectivity index (χ2n) is 13.9. The van der Waals surface area contributed by atoms with Gasteiger partial charge in [-0.1, -0.05) is 51.1 Å². The summed E-state index contributed by atoms with van der Waals surface area (Å²) in [5.41, 5.74) is 4.41. The minimum absolute atomic E-state index is 0.00661. The molecule has 0 unspecified atom stereocenters. The van der Waals surface area contributed by atoms with Gasteiger partial charge in [0.1, 0.15) is 17.8 Å². The standard InChI is InChI=1S/C38H52N6O8S/c1-25(27-9-11-28(12-10-27)33-26(2)41-24-53-33)42-36(48)31-22-29(45)23-44(31)37(49)34(38(3,4)5)43-32(46)13-16-50-18-20-52-21-19-51-17-15-40-35(47)30-8-6-7-14-39-30/h6-12,14,24-25,29,31,34,45H,13,15-23H2,1-5H3,(H,40,47)(H,42,48)(H,43,46)/t25-,29+,31-,34+/m0/s1. The zero-order valence-corrected chi connectivity index (χ0v) is 31.9. The van der Waals surface area contributed by atoms with E-state index in [0.29, 0.717) is 38.7 Å². The molecule has 0 spiro atoms. The van der Waals surface area contributed by atoms with Gasteiger partial charge in [-0.3, -0.25) is 24.2 Å². The first-order valence-electron chi connectivity index (χ1n) is 17.9. The van der Waals surface area contributed by atoms with Crippen molar-refractivity contribution in [3.8, 4) is 10.4 Å². The summed E-state index contributed by atoms with van der Waals surface area (Å²) >= 11 is 1.57. The van der Waals surface area contributed by atoms with Gasteiger partial charge >= 0.3 is 0 Å². The molecule has 0 radical (unpaired) electrons. The molecule has 1 aliphatic heterocycles. The van der Waals surface area contributed by atoms with Crippen molar-refractivity contribution in [1.82, 2.24) is 30.8 Å². The third-order valence-corrected chi connectivity index (χ3v) is 9.68. The number of aryl methyl sites for hydroxylation is 1. The maximum Gasteiger partial charge on any atom is 0.269 e. The SMILES string of the molecule is Cc1ncsc1-c1ccc([C@H](C)NC(=O)[C@@H]2C[C@@H](O)CN2C(=O)[C@@H](NC(=O)CCOCCOCCOCCNC(=O)c2ccccn2)C(C)(C)C)cc1. The van der Waals surface area contributed by atoms with E-state index >= 15 is 0 Å². The highest BCUT2D eigenvalue weighted by atomic mass is 32.1. The van der Waals surface area contributed by atoms with Crippen LogP contribution in [0.1, 0.15) is 68.3 Å². The molecule has 4 atom stereocenters. The third-order valence-electron chi connectivity index (χ3n) is 8.71. The number of likely N-dealkylation sites (tertiary alicyclic amines) is 1. The first kappa shape index (κ1) is 41.5. The zero-order chi connectivity index (χ0) is 38.4. The molecule has 2 aromatic heterocycles. The average Bonchev–Trinajstić information content (AvgIpc) is 3.75. The van der Waals surface area contributed by atoms with E-state index in [0.717, 1.165) is 21.7 Å². The predicted molar refractivity (Wildman–Crippen MR) is 200 cm³/mol. The Morgan fingerprint density at radius 1 is 0.943 bits per heavy atom. The molecule has 4 rings (SSSR count). The normalized spacial score (nSPS) is 16.9. The Hall–Kier alpha value is -4.28. The number of rotatable bonds is 19. The number of thiazole rings is 1. The van der Waals surface area contributed by atoms with Gasteiger partial charge in [0.05, 0.1) is 67.9 Å². The Labute approximate surface area is 315 Å². The lowest BCUT2D eigenvalue weighted by Gasteiger charge is -2.35. The fourth-order valence-corrected chi connectivity index (χ4v) is 6.59. The fraction of sp³-hybridized carbons (Fsp3) is 0.526. The summed E-state index contributed by atoms with van der Waals surface area (Å²) in [5.74, 6) is -1.42. The summed E-state index contributed by atoms with van der Waals surface area (Å²) in [7, 11) is 0. The molecule has 4 amide bonds. The van der Waals surface area contributed by atoms with Crippen LogP contribution >= 0.6 is 11.3 Å². The van der Waals surface area contributed by atoms with E-state index in [-0.39, 0.29) is 56.4 Å². The highest BCUT2D eigenvalue weighted by molar-refractivity contribution is 7.13. The highest BCUT2D eigenvalue weighted by Gasteiger charge is 2.44. The summed E-state index contributed by atoms with van der Waals surface area (Å²) < 4.78 is 16.5. The number of ether oxygens (including phenoxy) is 3. The molecule has 0 saturated carbocycles. The molecular weight excluding hydrogens is 701 g/mol. The molecule has 1 aromatic carbocycles.